The van der Waals surface area contributed by atoms with Gasteiger partial charge in [-0.3, -0.25) is 0 Å². The molecule has 15 heavy (non-hydrogen) atoms. The lowest BCUT2D eigenvalue weighted by Gasteiger charge is -2.31. The standard InChI is InChI=1S/C13H28N2/c1-3-4-5-6-9-15-10-7-13(8-11-15)12-14-2/h13-14H,3-12H2,1-2H3. The fourth-order valence-electron chi connectivity index (χ4n) is 2.47. The Balaban J connectivity index is 1.99. The van der Waals surface area contributed by atoms with Crippen LogP contribution in [0.1, 0.15) is 45.4 Å². The van der Waals surface area contributed by atoms with Crippen LogP contribution < -0.4 is 5.32 Å². The maximum atomic E-state index is 3.29. The van der Waals surface area contributed by atoms with Gasteiger partial charge in [-0.15, -0.1) is 0 Å². The van der Waals surface area contributed by atoms with Crippen LogP contribution >= 0.6 is 0 Å². The van der Waals surface area contributed by atoms with E-state index in [0.717, 1.165) is 5.92 Å². The van der Waals surface area contributed by atoms with Crippen LogP contribution in [0.2, 0.25) is 0 Å². The van der Waals surface area contributed by atoms with Gasteiger partial charge < -0.3 is 10.2 Å². The van der Waals surface area contributed by atoms with Gasteiger partial charge in [0.25, 0.3) is 0 Å². The normalized spacial score (nSPS) is 19.6. The van der Waals surface area contributed by atoms with Crippen LogP contribution in [0.15, 0.2) is 0 Å². The van der Waals surface area contributed by atoms with Crippen molar-refractivity contribution in [3.63, 3.8) is 0 Å². The minimum Gasteiger partial charge on any atom is -0.319 e. The number of hydrogen-bond donors (Lipinski definition) is 1. The maximum Gasteiger partial charge on any atom is -0.00156 e. The van der Waals surface area contributed by atoms with E-state index in [1.54, 1.807) is 0 Å². The van der Waals surface area contributed by atoms with E-state index in [1.807, 2.05) is 0 Å². The van der Waals surface area contributed by atoms with E-state index in [4.69, 9.17) is 0 Å². The summed E-state index contributed by atoms with van der Waals surface area (Å²) in [7, 11) is 2.07. The zero-order valence-electron chi connectivity index (χ0n) is 10.6. The van der Waals surface area contributed by atoms with E-state index >= 15 is 0 Å². The van der Waals surface area contributed by atoms with Gasteiger partial charge in [0.2, 0.25) is 0 Å². The van der Waals surface area contributed by atoms with Crippen LogP contribution in [0, 0.1) is 5.92 Å². The van der Waals surface area contributed by atoms with E-state index in [2.05, 4.69) is 24.2 Å². The van der Waals surface area contributed by atoms with Gasteiger partial charge in [-0.1, -0.05) is 26.2 Å². The predicted molar refractivity (Wildman–Crippen MR) is 67.2 cm³/mol. The van der Waals surface area contributed by atoms with Crippen molar-refractivity contribution in [1.29, 1.82) is 0 Å². The molecule has 0 spiro atoms. The maximum absolute atomic E-state index is 3.29. The van der Waals surface area contributed by atoms with Crippen molar-refractivity contribution in [2.24, 2.45) is 5.92 Å². The Kier molecular flexibility index (Phi) is 7.03. The number of nitrogens with one attached hydrogen (secondary N) is 1. The fourth-order valence-corrected chi connectivity index (χ4v) is 2.47. The molecule has 0 aliphatic carbocycles. The average molecular weight is 212 g/mol. The van der Waals surface area contributed by atoms with Crippen molar-refractivity contribution < 1.29 is 0 Å². The molecule has 1 saturated heterocycles. The molecule has 0 unspecified atom stereocenters. The molecular formula is C13H28N2. The molecule has 0 aromatic heterocycles. The van der Waals surface area contributed by atoms with Gasteiger partial charge in [0, 0.05) is 0 Å². The SMILES string of the molecule is CCCCCCN1CCC(CNC)CC1. The van der Waals surface area contributed by atoms with Crippen LogP contribution in [0.25, 0.3) is 0 Å². The fraction of sp³-hybridized carbons (Fsp3) is 1.00. The van der Waals surface area contributed by atoms with Gasteiger partial charge in [-0.05, 0) is 58.4 Å². The monoisotopic (exact) mass is 212 g/mol. The van der Waals surface area contributed by atoms with Crippen molar-refractivity contribution in [3.05, 3.63) is 0 Å². The minimum absolute atomic E-state index is 0.932. The molecule has 1 fully saturated rings. The van der Waals surface area contributed by atoms with Gasteiger partial charge in [0.15, 0.2) is 0 Å². The highest BCUT2D eigenvalue weighted by Gasteiger charge is 2.17. The van der Waals surface area contributed by atoms with Gasteiger partial charge in [-0.25, -0.2) is 0 Å². The van der Waals surface area contributed by atoms with Crippen LogP contribution in [0.3, 0.4) is 0 Å². The Morgan fingerprint density at radius 2 is 1.87 bits per heavy atom. The third kappa shape index (κ3) is 5.53. The lowest BCUT2D eigenvalue weighted by molar-refractivity contribution is 0.180. The van der Waals surface area contributed by atoms with E-state index in [-0.39, 0.29) is 0 Å². The third-order valence-corrected chi connectivity index (χ3v) is 3.53. The van der Waals surface area contributed by atoms with Crippen LogP contribution in [-0.4, -0.2) is 38.1 Å². The summed E-state index contributed by atoms with van der Waals surface area (Å²) in [6.45, 7) is 7.50. The summed E-state index contributed by atoms with van der Waals surface area (Å²) in [5.41, 5.74) is 0. The Morgan fingerprint density at radius 1 is 1.13 bits per heavy atom. The Labute approximate surface area is 95.4 Å². The topological polar surface area (TPSA) is 15.3 Å². The number of piperidine rings is 1. The zero-order chi connectivity index (χ0) is 10.9. The highest BCUT2D eigenvalue weighted by atomic mass is 15.1. The summed E-state index contributed by atoms with van der Waals surface area (Å²) >= 11 is 0. The number of likely N-dealkylation sites (tertiary alicyclic amines) is 1. The first-order valence-electron chi connectivity index (χ1n) is 6.73. The molecule has 0 aromatic rings. The molecule has 1 N–H and O–H groups in total. The molecule has 2 nitrogen and oxygen atoms in total. The second-order valence-corrected chi connectivity index (χ2v) is 4.90. The first kappa shape index (κ1) is 13.0. The molecule has 0 radical (unpaired) electrons. The number of nitrogens with zero attached hydrogens (tertiary/aromatic N) is 1. The van der Waals surface area contributed by atoms with E-state index in [1.165, 1.54) is 64.7 Å². The van der Waals surface area contributed by atoms with Gasteiger partial charge in [0.1, 0.15) is 0 Å². The molecule has 0 bridgehead atoms. The number of rotatable bonds is 7. The quantitative estimate of drug-likeness (QED) is 0.652. The highest BCUT2D eigenvalue weighted by molar-refractivity contribution is 4.73. The van der Waals surface area contributed by atoms with Gasteiger partial charge >= 0.3 is 0 Å². The van der Waals surface area contributed by atoms with Crippen molar-refractivity contribution in [2.75, 3.05) is 33.2 Å². The first-order chi connectivity index (χ1) is 7.36. The highest BCUT2D eigenvalue weighted by Crippen LogP contribution is 2.16. The molecule has 0 aromatic carbocycles. The molecule has 0 amide bonds. The van der Waals surface area contributed by atoms with Crippen LogP contribution in [-0.2, 0) is 0 Å². The zero-order valence-corrected chi connectivity index (χ0v) is 10.6. The summed E-state index contributed by atoms with van der Waals surface area (Å²) in [5.74, 6) is 0.932. The van der Waals surface area contributed by atoms with Crippen molar-refractivity contribution in [1.82, 2.24) is 10.2 Å². The molecule has 90 valence electrons. The molecule has 1 aliphatic heterocycles. The molecule has 2 heteroatoms. The Hall–Kier alpha value is -0.0800. The summed E-state index contributed by atoms with van der Waals surface area (Å²) in [5, 5.41) is 3.29. The second-order valence-electron chi connectivity index (χ2n) is 4.90. The summed E-state index contributed by atoms with van der Waals surface area (Å²) in [6.07, 6.45) is 8.39. The predicted octanol–water partition coefficient (Wildman–Crippen LogP) is 2.50. The van der Waals surface area contributed by atoms with Crippen molar-refractivity contribution in [3.8, 4) is 0 Å². The third-order valence-electron chi connectivity index (χ3n) is 3.53. The Bertz CT molecular complexity index is 137. The van der Waals surface area contributed by atoms with Crippen molar-refractivity contribution >= 4 is 0 Å². The smallest absolute Gasteiger partial charge is 0.00156 e. The largest absolute Gasteiger partial charge is 0.319 e. The Morgan fingerprint density at radius 3 is 2.47 bits per heavy atom. The molecule has 0 saturated carbocycles. The molecule has 1 heterocycles. The number of hydrogen-bond acceptors (Lipinski definition) is 2. The van der Waals surface area contributed by atoms with Crippen LogP contribution in [0.5, 0.6) is 0 Å². The van der Waals surface area contributed by atoms with E-state index < -0.39 is 0 Å². The van der Waals surface area contributed by atoms with E-state index in [9.17, 15) is 0 Å². The minimum atomic E-state index is 0.932. The molecule has 1 aliphatic rings. The number of unbranched alkanes of at least 4 members (excludes halogenated alkanes) is 3. The molecule has 0 atom stereocenters. The van der Waals surface area contributed by atoms with Crippen LogP contribution in [0.4, 0.5) is 0 Å². The van der Waals surface area contributed by atoms with E-state index in [0.29, 0.717) is 0 Å². The second kappa shape index (κ2) is 8.12. The molecular weight excluding hydrogens is 184 g/mol. The summed E-state index contributed by atoms with van der Waals surface area (Å²) in [4.78, 5) is 2.65. The van der Waals surface area contributed by atoms with Gasteiger partial charge in [-0.2, -0.15) is 0 Å². The first-order valence-corrected chi connectivity index (χ1v) is 6.73. The average Bonchev–Trinajstić information content (AvgIpc) is 2.27. The van der Waals surface area contributed by atoms with Crippen molar-refractivity contribution in [2.45, 2.75) is 45.4 Å². The molecule has 1 rings (SSSR count). The van der Waals surface area contributed by atoms with Gasteiger partial charge in [0.05, 0.1) is 0 Å². The lowest BCUT2D eigenvalue weighted by Crippen LogP contribution is -2.37. The lowest BCUT2D eigenvalue weighted by atomic mass is 9.96. The summed E-state index contributed by atoms with van der Waals surface area (Å²) in [6, 6.07) is 0. The summed E-state index contributed by atoms with van der Waals surface area (Å²) < 4.78 is 0.